The average molecular weight is 291 g/mol. The first kappa shape index (κ1) is 13.8. The van der Waals surface area contributed by atoms with Gasteiger partial charge in [0.15, 0.2) is 0 Å². The molecule has 0 fully saturated rings. The molecule has 104 valence electrons. The zero-order valence-corrected chi connectivity index (χ0v) is 12.8. The molecule has 0 aliphatic carbocycles. The highest BCUT2D eigenvalue weighted by Crippen LogP contribution is 2.34. The summed E-state index contributed by atoms with van der Waals surface area (Å²) in [6.45, 7) is 2.10. The zero-order chi connectivity index (χ0) is 14.7. The summed E-state index contributed by atoms with van der Waals surface area (Å²) in [5, 5.41) is 0. The normalized spacial score (nSPS) is 10.4. The van der Waals surface area contributed by atoms with Crippen molar-refractivity contribution in [2.45, 2.75) is 11.8 Å². The first-order valence-electron chi connectivity index (χ1n) is 6.95. The number of hydrogen-bond donors (Lipinski definition) is 1. The number of rotatable bonds is 3. The maximum atomic E-state index is 4.37. The molecular weight excluding hydrogens is 274 g/mol. The van der Waals surface area contributed by atoms with E-state index in [9.17, 15) is 0 Å². The quantitative estimate of drug-likeness (QED) is 0.601. The Morgan fingerprint density at radius 1 is 0.619 bits per heavy atom. The van der Waals surface area contributed by atoms with Gasteiger partial charge in [0, 0.05) is 22.0 Å². The largest absolute Gasteiger partial charge is 0.311 e. The number of para-hydroxylation sites is 1. The number of thiol groups is 1. The molecule has 0 bridgehead atoms. The fourth-order valence-electron chi connectivity index (χ4n) is 2.32. The van der Waals surface area contributed by atoms with Crippen LogP contribution in [0.5, 0.6) is 0 Å². The summed E-state index contributed by atoms with van der Waals surface area (Å²) in [5.74, 6) is 0. The van der Waals surface area contributed by atoms with Gasteiger partial charge in [-0.15, -0.1) is 12.6 Å². The van der Waals surface area contributed by atoms with Crippen molar-refractivity contribution in [3.63, 3.8) is 0 Å². The van der Waals surface area contributed by atoms with Gasteiger partial charge in [0.1, 0.15) is 0 Å². The molecule has 0 aromatic heterocycles. The molecule has 0 saturated carbocycles. The summed E-state index contributed by atoms with van der Waals surface area (Å²) in [7, 11) is 0. The molecule has 0 saturated heterocycles. The van der Waals surface area contributed by atoms with Gasteiger partial charge in [0.05, 0.1) is 0 Å². The highest BCUT2D eigenvalue weighted by atomic mass is 32.1. The standard InChI is InChI=1S/C19H17NS/c1-15-7-9-17(10-8-15)20(16-5-3-2-4-6-16)18-11-13-19(21)14-12-18/h2-14,21H,1H3. The second-order valence-corrected chi connectivity index (χ2v) is 5.54. The van der Waals surface area contributed by atoms with E-state index in [0.717, 1.165) is 22.0 Å². The van der Waals surface area contributed by atoms with Crippen molar-refractivity contribution in [2.24, 2.45) is 0 Å². The van der Waals surface area contributed by atoms with Gasteiger partial charge in [-0.2, -0.15) is 0 Å². The van der Waals surface area contributed by atoms with Crippen LogP contribution < -0.4 is 4.90 Å². The minimum absolute atomic E-state index is 0.968. The van der Waals surface area contributed by atoms with Crippen LogP contribution in [0.25, 0.3) is 0 Å². The summed E-state index contributed by atoms with van der Waals surface area (Å²) in [6, 6.07) is 27.2. The fourth-order valence-corrected chi connectivity index (χ4v) is 2.47. The van der Waals surface area contributed by atoms with Crippen LogP contribution in [0.1, 0.15) is 5.56 Å². The van der Waals surface area contributed by atoms with Crippen molar-refractivity contribution < 1.29 is 0 Å². The Morgan fingerprint density at radius 3 is 1.67 bits per heavy atom. The molecule has 0 N–H and O–H groups in total. The summed E-state index contributed by atoms with van der Waals surface area (Å²) >= 11 is 4.37. The van der Waals surface area contributed by atoms with Gasteiger partial charge in [-0.05, 0) is 55.5 Å². The van der Waals surface area contributed by atoms with Gasteiger partial charge in [0.25, 0.3) is 0 Å². The molecule has 0 radical (unpaired) electrons. The lowest BCUT2D eigenvalue weighted by Crippen LogP contribution is -2.09. The van der Waals surface area contributed by atoms with E-state index in [4.69, 9.17) is 0 Å². The van der Waals surface area contributed by atoms with Crippen molar-refractivity contribution in [1.82, 2.24) is 0 Å². The second-order valence-electron chi connectivity index (χ2n) is 5.02. The molecule has 2 heteroatoms. The average Bonchev–Trinajstić information content (AvgIpc) is 2.52. The van der Waals surface area contributed by atoms with Crippen molar-refractivity contribution in [1.29, 1.82) is 0 Å². The van der Waals surface area contributed by atoms with Crippen LogP contribution in [0.2, 0.25) is 0 Å². The first-order chi connectivity index (χ1) is 10.2. The van der Waals surface area contributed by atoms with E-state index in [1.54, 1.807) is 0 Å². The van der Waals surface area contributed by atoms with E-state index in [0.29, 0.717) is 0 Å². The summed E-state index contributed by atoms with van der Waals surface area (Å²) in [5.41, 5.74) is 4.69. The smallest absolute Gasteiger partial charge is 0.0462 e. The lowest BCUT2D eigenvalue weighted by atomic mass is 10.1. The Bertz CT molecular complexity index is 657. The first-order valence-corrected chi connectivity index (χ1v) is 7.40. The SMILES string of the molecule is Cc1ccc(N(c2ccccc2)c2ccc(S)cc2)cc1. The van der Waals surface area contributed by atoms with Gasteiger partial charge >= 0.3 is 0 Å². The third-order valence-electron chi connectivity index (χ3n) is 3.41. The summed E-state index contributed by atoms with van der Waals surface area (Å²) in [4.78, 5) is 3.21. The maximum Gasteiger partial charge on any atom is 0.0462 e. The number of benzene rings is 3. The van der Waals surface area contributed by atoms with Crippen LogP contribution in [0.3, 0.4) is 0 Å². The molecular formula is C19H17NS. The van der Waals surface area contributed by atoms with Crippen molar-refractivity contribution in [3.05, 3.63) is 84.4 Å². The molecule has 0 atom stereocenters. The minimum Gasteiger partial charge on any atom is -0.311 e. The zero-order valence-electron chi connectivity index (χ0n) is 11.9. The predicted molar refractivity (Wildman–Crippen MR) is 93.1 cm³/mol. The van der Waals surface area contributed by atoms with E-state index in [1.807, 2.05) is 18.2 Å². The van der Waals surface area contributed by atoms with Gasteiger partial charge in [-0.1, -0.05) is 35.9 Å². The Labute approximate surface area is 131 Å². The van der Waals surface area contributed by atoms with Gasteiger partial charge < -0.3 is 4.90 Å². The molecule has 3 rings (SSSR count). The monoisotopic (exact) mass is 291 g/mol. The lowest BCUT2D eigenvalue weighted by Gasteiger charge is -2.25. The summed E-state index contributed by atoms with van der Waals surface area (Å²) in [6.07, 6.45) is 0. The van der Waals surface area contributed by atoms with Crippen LogP contribution in [0.4, 0.5) is 17.1 Å². The third kappa shape index (κ3) is 3.11. The van der Waals surface area contributed by atoms with Crippen LogP contribution in [0.15, 0.2) is 83.8 Å². The van der Waals surface area contributed by atoms with E-state index in [2.05, 4.69) is 85.1 Å². The van der Waals surface area contributed by atoms with Gasteiger partial charge in [-0.25, -0.2) is 0 Å². The maximum absolute atomic E-state index is 4.37. The molecule has 0 spiro atoms. The summed E-state index contributed by atoms with van der Waals surface area (Å²) < 4.78 is 0. The van der Waals surface area contributed by atoms with Crippen molar-refractivity contribution in [2.75, 3.05) is 4.90 Å². The molecule has 0 aliphatic rings. The highest BCUT2D eigenvalue weighted by molar-refractivity contribution is 7.80. The van der Waals surface area contributed by atoms with E-state index in [-0.39, 0.29) is 0 Å². The number of aryl methyl sites for hydroxylation is 1. The lowest BCUT2D eigenvalue weighted by molar-refractivity contribution is 1.26. The molecule has 21 heavy (non-hydrogen) atoms. The molecule has 3 aromatic rings. The predicted octanol–water partition coefficient (Wildman–Crippen LogP) is 5.75. The molecule has 0 heterocycles. The number of hydrogen-bond acceptors (Lipinski definition) is 2. The van der Waals surface area contributed by atoms with Crippen LogP contribution in [-0.4, -0.2) is 0 Å². The molecule has 3 aromatic carbocycles. The van der Waals surface area contributed by atoms with E-state index < -0.39 is 0 Å². The van der Waals surface area contributed by atoms with Crippen molar-refractivity contribution >= 4 is 29.7 Å². The van der Waals surface area contributed by atoms with E-state index >= 15 is 0 Å². The molecule has 0 aliphatic heterocycles. The van der Waals surface area contributed by atoms with Crippen LogP contribution in [-0.2, 0) is 0 Å². The van der Waals surface area contributed by atoms with Crippen LogP contribution in [0, 0.1) is 6.92 Å². The van der Waals surface area contributed by atoms with Crippen LogP contribution >= 0.6 is 12.6 Å². The van der Waals surface area contributed by atoms with E-state index in [1.165, 1.54) is 5.56 Å². The Kier molecular flexibility index (Phi) is 3.98. The Balaban J connectivity index is 2.11. The second kappa shape index (κ2) is 6.06. The van der Waals surface area contributed by atoms with Crippen molar-refractivity contribution in [3.8, 4) is 0 Å². The topological polar surface area (TPSA) is 3.24 Å². The number of nitrogens with zero attached hydrogens (tertiary/aromatic N) is 1. The third-order valence-corrected chi connectivity index (χ3v) is 3.71. The molecule has 0 unspecified atom stereocenters. The molecule has 0 amide bonds. The fraction of sp³-hybridized carbons (Fsp3) is 0.0526. The minimum atomic E-state index is 0.968. The van der Waals surface area contributed by atoms with Gasteiger partial charge in [0.2, 0.25) is 0 Å². The van der Waals surface area contributed by atoms with Gasteiger partial charge in [-0.3, -0.25) is 0 Å². The highest BCUT2D eigenvalue weighted by Gasteiger charge is 2.11. The molecule has 1 nitrogen and oxygen atoms in total. The Morgan fingerprint density at radius 2 is 1.10 bits per heavy atom. The Hall–Kier alpha value is -2.19. The number of anilines is 3.